The fraction of sp³-hybridized carbons (Fsp3) is 0.269. The molecular formula is C26H24N4O6. The number of aryl methyl sites for hydroxylation is 2. The molecule has 0 saturated heterocycles. The normalized spacial score (nSPS) is 14.2. The predicted octanol–water partition coefficient (Wildman–Crippen LogP) is 3.27. The molecular weight excluding hydrogens is 464 g/mol. The van der Waals surface area contributed by atoms with Crippen LogP contribution in [0.2, 0.25) is 0 Å². The SMILES string of the molecule is CCOC(=O)c1coc(Cn2cc(C3c4ccc(CC)cc4C=Cc4oc(C)nc43)c(=O)[nH]c2=O)n1. The van der Waals surface area contributed by atoms with E-state index in [1.807, 2.05) is 24.3 Å². The Hall–Kier alpha value is -4.47. The number of rotatable bonds is 6. The van der Waals surface area contributed by atoms with E-state index in [0.717, 1.165) is 23.1 Å². The van der Waals surface area contributed by atoms with Crippen LogP contribution in [0.5, 0.6) is 0 Å². The van der Waals surface area contributed by atoms with Gasteiger partial charge in [0, 0.05) is 18.7 Å². The van der Waals surface area contributed by atoms with Crippen LogP contribution in [0.3, 0.4) is 0 Å². The lowest BCUT2D eigenvalue weighted by molar-refractivity contribution is 0.0519. The quantitative estimate of drug-likeness (QED) is 0.360. The van der Waals surface area contributed by atoms with Crippen molar-refractivity contribution in [1.29, 1.82) is 0 Å². The average Bonchev–Trinajstić information content (AvgIpc) is 3.44. The zero-order valence-corrected chi connectivity index (χ0v) is 20.0. The second kappa shape index (κ2) is 9.29. The maximum atomic E-state index is 13.1. The smallest absolute Gasteiger partial charge is 0.360 e. The molecule has 1 N–H and O–H groups in total. The predicted molar refractivity (Wildman–Crippen MR) is 130 cm³/mol. The van der Waals surface area contributed by atoms with Crippen LogP contribution >= 0.6 is 0 Å². The molecule has 3 heterocycles. The van der Waals surface area contributed by atoms with Gasteiger partial charge < -0.3 is 13.6 Å². The Bertz CT molecular complexity index is 1600. The molecule has 36 heavy (non-hydrogen) atoms. The number of aromatic nitrogens is 4. The number of nitrogens with one attached hydrogen (secondary N) is 1. The van der Waals surface area contributed by atoms with Gasteiger partial charge in [-0.3, -0.25) is 14.3 Å². The first-order chi connectivity index (χ1) is 17.4. The summed E-state index contributed by atoms with van der Waals surface area (Å²) in [6.07, 6.45) is 7.32. The zero-order chi connectivity index (χ0) is 25.4. The second-order valence-corrected chi connectivity index (χ2v) is 8.38. The Morgan fingerprint density at radius 3 is 2.78 bits per heavy atom. The van der Waals surface area contributed by atoms with Crippen LogP contribution in [-0.4, -0.2) is 32.1 Å². The molecule has 184 valence electrons. The molecule has 5 rings (SSSR count). The number of carbonyl (C=O) groups excluding carboxylic acids is 1. The summed E-state index contributed by atoms with van der Waals surface area (Å²) < 4.78 is 17.4. The number of H-pyrrole nitrogens is 1. The van der Waals surface area contributed by atoms with Gasteiger partial charge >= 0.3 is 11.7 Å². The topological polar surface area (TPSA) is 133 Å². The highest BCUT2D eigenvalue weighted by Crippen LogP contribution is 2.38. The van der Waals surface area contributed by atoms with E-state index < -0.39 is 23.1 Å². The van der Waals surface area contributed by atoms with Gasteiger partial charge in [0.2, 0.25) is 5.89 Å². The molecule has 4 aromatic rings. The number of hydrogen-bond donors (Lipinski definition) is 1. The van der Waals surface area contributed by atoms with E-state index in [9.17, 15) is 14.4 Å². The molecule has 1 aromatic carbocycles. The third-order valence-electron chi connectivity index (χ3n) is 6.04. The van der Waals surface area contributed by atoms with Crippen molar-refractivity contribution >= 4 is 18.1 Å². The zero-order valence-electron chi connectivity index (χ0n) is 20.0. The first-order valence-electron chi connectivity index (χ1n) is 11.6. The van der Waals surface area contributed by atoms with Gasteiger partial charge in [0.25, 0.3) is 5.56 Å². The monoisotopic (exact) mass is 488 g/mol. The molecule has 0 bridgehead atoms. The van der Waals surface area contributed by atoms with Gasteiger partial charge in [0.1, 0.15) is 12.8 Å². The number of aromatic amines is 1. The molecule has 10 heteroatoms. The number of fused-ring (bicyclic) bond motifs is 2. The van der Waals surface area contributed by atoms with Crippen molar-refractivity contribution < 1.29 is 18.4 Å². The Labute approximate surface area is 205 Å². The van der Waals surface area contributed by atoms with Crippen LogP contribution in [0.4, 0.5) is 0 Å². The van der Waals surface area contributed by atoms with Crippen molar-refractivity contribution in [3.05, 3.63) is 103 Å². The minimum atomic E-state index is -0.635. The number of oxazole rings is 2. The number of ether oxygens (including phenoxy) is 1. The van der Waals surface area contributed by atoms with Crippen molar-refractivity contribution in [3.8, 4) is 0 Å². The first-order valence-corrected chi connectivity index (χ1v) is 11.6. The average molecular weight is 489 g/mol. The van der Waals surface area contributed by atoms with Gasteiger partial charge in [-0.1, -0.05) is 31.2 Å². The molecule has 3 aromatic heterocycles. The van der Waals surface area contributed by atoms with Gasteiger partial charge in [-0.15, -0.1) is 0 Å². The summed E-state index contributed by atoms with van der Waals surface area (Å²) in [7, 11) is 0. The molecule has 1 aliphatic rings. The van der Waals surface area contributed by atoms with Crippen molar-refractivity contribution in [2.45, 2.75) is 39.7 Å². The fourth-order valence-corrected chi connectivity index (χ4v) is 4.34. The van der Waals surface area contributed by atoms with E-state index in [1.54, 1.807) is 13.8 Å². The standard InChI is InChI=1S/C26H24N4O6/c1-4-15-6-8-17-16(10-15)7-9-20-23(27-14(3)36-20)22(17)18-11-30(26(33)29-24(18)31)12-21-28-19(13-35-21)25(32)34-5-2/h6-11,13,22H,4-5,12H2,1-3H3,(H,29,31,33). The number of carbonyl (C=O) groups is 1. The maximum absolute atomic E-state index is 13.1. The van der Waals surface area contributed by atoms with Crippen LogP contribution in [0, 0.1) is 6.92 Å². The van der Waals surface area contributed by atoms with E-state index in [2.05, 4.69) is 27.9 Å². The molecule has 1 atom stereocenters. The van der Waals surface area contributed by atoms with Crippen LogP contribution in [0.15, 0.2) is 49.1 Å². The van der Waals surface area contributed by atoms with E-state index in [0.29, 0.717) is 22.9 Å². The van der Waals surface area contributed by atoms with Gasteiger partial charge in [-0.2, -0.15) is 0 Å². The highest BCUT2D eigenvalue weighted by atomic mass is 16.5. The van der Waals surface area contributed by atoms with E-state index >= 15 is 0 Å². The lowest BCUT2D eigenvalue weighted by atomic mass is 9.86. The van der Waals surface area contributed by atoms with Gasteiger partial charge in [-0.05, 0) is 36.1 Å². The van der Waals surface area contributed by atoms with Gasteiger partial charge in [0.15, 0.2) is 17.3 Å². The van der Waals surface area contributed by atoms with Crippen LogP contribution in [0.1, 0.15) is 75.7 Å². The molecule has 1 aliphatic carbocycles. The number of benzene rings is 1. The number of nitrogens with zero attached hydrogens (tertiary/aromatic N) is 3. The summed E-state index contributed by atoms with van der Waals surface area (Å²) >= 11 is 0. The summed E-state index contributed by atoms with van der Waals surface area (Å²) in [5, 5.41) is 0. The van der Waals surface area contributed by atoms with Crippen LogP contribution in [0.25, 0.3) is 12.2 Å². The number of hydrogen-bond acceptors (Lipinski definition) is 8. The molecule has 0 fully saturated rings. The molecule has 0 spiro atoms. The molecule has 10 nitrogen and oxygen atoms in total. The van der Waals surface area contributed by atoms with Crippen molar-refractivity contribution in [2.24, 2.45) is 0 Å². The molecule has 1 unspecified atom stereocenters. The minimum Gasteiger partial charge on any atom is -0.461 e. The second-order valence-electron chi connectivity index (χ2n) is 8.38. The van der Waals surface area contributed by atoms with E-state index in [1.165, 1.54) is 17.0 Å². The summed E-state index contributed by atoms with van der Waals surface area (Å²) in [4.78, 5) is 48.8. The largest absolute Gasteiger partial charge is 0.461 e. The highest BCUT2D eigenvalue weighted by molar-refractivity contribution is 5.86. The molecule has 0 radical (unpaired) electrons. The third kappa shape index (κ3) is 4.21. The molecule has 0 saturated carbocycles. The summed E-state index contributed by atoms with van der Waals surface area (Å²) in [5.74, 6) is -0.0600. The van der Waals surface area contributed by atoms with Crippen molar-refractivity contribution in [1.82, 2.24) is 19.5 Å². The lowest BCUT2D eigenvalue weighted by Crippen LogP contribution is -2.33. The Morgan fingerprint density at radius 2 is 2.00 bits per heavy atom. The maximum Gasteiger partial charge on any atom is 0.360 e. The first kappa shape index (κ1) is 23.3. The Morgan fingerprint density at radius 1 is 1.17 bits per heavy atom. The summed E-state index contributed by atoms with van der Waals surface area (Å²) in [6, 6.07) is 6.08. The minimum absolute atomic E-state index is 0.00256. The summed E-state index contributed by atoms with van der Waals surface area (Å²) in [6.45, 7) is 5.61. The number of esters is 1. The fourth-order valence-electron chi connectivity index (χ4n) is 4.34. The Kier molecular flexibility index (Phi) is 6.01. The van der Waals surface area contributed by atoms with Gasteiger partial charge in [-0.25, -0.2) is 19.6 Å². The van der Waals surface area contributed by atoms with E-state index in [4.69, 9.17) is 13.6 Å². The van der Waals surface area contributed by atoms with Crippen molar-refractivity contribution in [3.63, 3.8) is 0 Å². The van der Waals surface area contributed by atoms with Gasteiger partial charge in [0.05, 0.1) is 18.2 Å². The third-order valence-corrected chi connectivity index (χ3v) is 6.04. The lowest BCUT2D eigenvalue weighted by Gasteiger charge is -2.18. The molecule has 0 aliphatic heterocycles. The summed E-state index contributed by atoms with van der Waals surface area (Å²) in [5.41, 5.74) is 2.70. The van der Waals surface area contributed by atoms with Crippen molar-refractivity contribution in [2.75, 3.05) is 6.61 Å². The molecule has 0 amide bonds. The van der Waals surface area contributed by atoms with E-state index in [-0.39, 0.29) is 24.7 Å². The van der Waals surface area contributed by atoms with Crippen LogP contribution in [-0.2, 0) is 17.7 Å². The Balaban J connectivity index is 1.61. The highest BCUT2D eigenvalue weighted by Gasteiger charge is 2.30. The van der Waals surface area contributed by atoms with Crippen LogP contribution < -0.4 is 11.2 Å².